The first kappa shape index (κ1) is 18.0. The van der Waals surface area contributed by atoms with Crippen molar-refractivity contribution in [3.8, 4) is 0 Å². The first-order chi connectivity index (χ1) is 12.5. The van der Waals surface area contributed by atoms with Crippen LogP contribution in [-0.4, -0.2) is 47.3 Å². The number of carbonyl (C=O) groups excluding carboxylic acids is 4. The molecular formula is C17H22N4O5. The van der Waals surface area contributed by atoms with Crippen LogP contribution in [0, 0.1) is 0 Å². The number of carbonyl (C=O) groups is 4. The quantitative estimate of drug-likeness (QED) is 0.627. The Labute approximate surface area is 150 Å². The van der Waals surface area contributed by atoms with Gasteiger partial charge >= 0.3 is 6.03 Å². The predicted octanol–water partition coefficient (Wildman–Crippen LogP) is 0.267. The molecule has 0 unspecified atom stereocenters. The average Bonchev–Trinajstić information content (AvgIpc) is 3.22. The third-order valence-electron chi connectivity index (χ3n) is 4.74. The van der Waals surface area contributed by atoms with Gasteiger partial charge < -0.3 is 20.4 Å². The van der Waals surface area contributed by atoms with Gasteiger partial charge in [0.05, 0.1) is 19.4 Å². The molecule has 1 saturated heterocycles. The molecule has 1 spiro atoms. The predicted molar refractivity (Wildman–Crippen MR) is 89.6 cm³/mol. The standard InChI is InChI=1S/C17H22N4O5/c22-13(18-9-12-5-4-8-26-12)10-19-14(23)11-21-15(24)17(20-16(21)25)6-2-1-3-7-17/h4-5,8H,1-3,6-7,9-11H2,(H,18,22)(H,19,23)(H,20,25). The summed E-state index contributed by atoms with van der Waals surface area (Å²) in [6, 6.07) is 2.88. The molecule has 1 aromatic heterocycles. The minimum Gasteiger partial charge on any atom is -0.467 e. The Bertz CT molecular complexity index is 694. The van der Waals surface area contributed by atoms with Crippen molar-refractivity contribution < 1.29 is 23.6 Å². The summed E-state index contributed by atoms with van der Waals surface area (Å²) >= 11 is 0. The smallest absolute Gasteiger partial charge is 0.325 e. The summed E-state index contributed by atoms with van der Waals surface area (Å²) in [5.41, 5.74) is -0.851. The van der Waals surface area contributed by atoms with E-state index >= 15 is 0 Å². The lowest BCUT2D eigenvalue weighted by Crippen LogP contribution is -2.49. The SMILES string of the molecule is O=C(CNC(=O)CN1C(=O)NC2(CCCCC2)C1=O)NCc1ccco1. The molecule has 1 saturated carbocycles. The van der Waals surface area contributed by atoms with Gasteiger partial charge in [0.2, 0.25) is 11.8 Å². The fourth-order valence-corrected chi connectivity index (χ4v) is 3.35. The molecule has 3 rings (SSSR count). The highest BCUT2D eigenvalue weighted by atomic mass is 16.3. The van der Waals surface area contributed by atoms with Gasteiger partial charge in [0.1, 0.15) is 17.8 Å². The summed E-state index contributed by atoms with van der Waals surface area (Å²) in [5, 5.41) is 7.75. The van der Waals surface area contributed by atoms with Crippen molar-refractivity contribution >= 4 is 23.8 Å². The summed E-state index contributed by atoms with van der Waals surface area (Å²) in [4.78, 5) is 49.3. The third-order valence-corrected chi connectivity index (χ3v) is 4.74. The molecule has 3 N–H and O–H groups in total. The Morgan fingerprint density at radius 2 is 1.92 bits per heavy atom. The van der Waals surface area contributed by atoms with Gasteiger partial charge in [0.15, 0.2) is 0 Å². The number of rotatable bonds is 6. The zero-order chi connectivity index (χ0) is 18.6. The first-order valence-electron chi connectivity index (χ1n) is 8.70. The monoisotopic (exact) mass is 362 g/mol. The van der Waals surface area contributed by atoms with Crippen LogP contribution in [0.2, 0.25) is 0 Å². The molecule has 2 heterocycles. The molecule has 26 heavy (non-hydrogen) atoms. The summed E-state index contributed by atoms with van der Waals surface area (Å²) in [7, 11) is 0. The summed E-state index contributed by atoms with van der Waals surface area (Å²) < 4.78 is 5.09. The highest BCUT2D eigenvalue weighted by molar-refractivity contribution is 6.09. The zero-order valence-electron chi connectivity index (χ0n) is 14.4. The second kappa shape index (κ2) is 7.59. The van der Waals surface area contributed by atoms with E-state index in [0.29, 0.717) is 18.6 Å². The van der Waals surface area contributed by atoms with E-state index in [4.69, 9.17) is 4.42 Å². The maximum atomic E-state index is 12.6. The lowest BCUT2D eigenvalue weighted by atomic mass is 9.82. The van der Waals surface area contributed by atoms with Crippen molar-refractivity contribution in [2.45, 2.75) is 44.2 Å². The molecule has 0 atom stereocenters. The number of hydrogen-bond donors (Lipinski definition) is 3. The van der Waals surface area contributed by atoms with Gasteiger partial charge in [-0.1, -0.05) is 19.3 Å². The van der Waals surface area contributed by atoms with Crippen LogP contribution < -0.4 is 16.0 Å². The number of amides is 5. The Morgan fingerprint density at radius 1 is 1.15 bits per heavy atom. The first-order valence-corrected chi connectivity index (χ1v) is 8.70. The lowest BCUT2D eigenvalue weighted by molar-refractivity contribution is -0.136. The molecule has 0 radical (unpaired) electrons. The van der Waals surface area contributed by atoms with Gasteiger partial charge in [-0.05, 0) is 25.0 Å². The second-order valence-corrected chi connectivity index (χ2v) is 6.60. The number of imide groups is 1. The largest absolute Gasteiger partial charge is 0.467 e. The Hall–Kier alpha value is -2.84. The molecule has 1 aliphatic heterocycles. The normalized spacial score (nSPS) is 18.7. The molecule has 1 aromatic rings. The topological polar surface area (TPSA) is 121 Å². The molecular weight excluding hydrogens is 340 g/mol. The molecule has 9 nitrogen and oxygen atoms in total. The van der Waals surface area contributed by atoms with E-state index in [-0.39, 0.29) is 19.0 Å². The molecule has 0 aromatic carbocycles. The highest BCUT2D eigenvalue weighted by Crippen LogP contribution is 2.33. The highest BCUT2D eigenvalue weighted by Gasteiger charge is 2.51. The molecule has 0 bridgehead atoms. The van der Waals surface area contributed by atoms with Crippen molar-refractivity contribution in [3.63, 3.8) is 0 Å². The molecule has 5 amide bonds. The van der Waals surface area contributed by atoms with E-state index in [1.54, 1.807) is 12.1 Å². The number of furan rings is 1. The van der Waals surface area contributed by atoms with Crippen LogP contribution in [0.1, 0.15) is 37.9 Å². The van der Waals surface area contributed by atoms with Crippen LogP contribution in [0.5, 0.6) is 0 Å². The summed E-state index contributed by atoms with van der Waals surface area (Å²) in [6.07, 6.45) is 5.50. The van der Waals surface area contributed by atoms with Crippen LogP contribution in [0.4, 0.5) is 4.79 Å². The Kier molecular flexibility index (Phi) is 5.24. The second-order valence-electron chi connectivity index (χ2n) is 6.60. The Balaban J connectivity index is 1.45. The average molecular weight is 362 g/mol. The number of nitrogens with zero attached hydrogens (tertiary/aromatic N) is 1. The number of urea groups is 1. The van der Waals surface area contributed by atoms with Gasteiger partial charge in [-0.15, -0.1) is 0 Å². The Morgan fingerprint density at radius 3 is 2.62 bits per heavy atom. The molecule has 1 aliphatic carbocycles. The van der Waals surface area contributed by atoms with Crippen LogP contribution in [0.15, 0.2) is 22.8 Å². The lowest BCUT2D eigenvalue weighted by Gasteiger charge is -2.30. The maximum absolute atomic E-state index is 12.6. The third kappa shape index (κ3) is 3.87. The molecule has 2 fully saturated rings. The van der Waals surface area contributed by atoms with Crippen LogP contribution in [0.3, 0.4) is 0 Å². The van der Waals surface area contributed by atoms with E-state index in [0.717, 1.165) is 24.2 Å². The van der Waals surface area contributed by atoms with E-state index in [1.165, 1.54) is 6.26 Å². The summed E-state index contributed by atoms with van der Waals surface area (Å²) in [6.45, 7) is -0.413. The van der Waals surface area contributed by atoms with Crippen LogP contribution in [0.25, 0.3) is 0 Å². The fourth-order valence-electron chi connectivity index (χ4n) is 3.35. The zero-order valence-corrected chi connectivity index (χ0v) is 14.4. The van der Waals surface area contributed by atoms with Gasteiger partial charge in [-0.2, -0.15) is 0 Å². The van der Waals surface area contributed by atoms with Crippen molar-refractivity contribution in [1.82, 2.24) is 20.9 Å². The van der Waals surface area contributed by atoms with Gasteiger partial charge in [-0.25, -0.2) is 4.79 Å². The van der Waals surface area contributed by atoms with E-state index in [1.807, 2.05) is 0 Å². The van der Waals surface area contributed by atoms with Crippen LogP contribution in [-0.2, 0) is 20.9 Å². The van der Waals surface area contributed by atoms with Crippen molar-refractivity contribution in [2.75, 3.05) is 13.1 Å². The molecule has 2 aliphatic rings. The minimum atomic E-state index is -0.851. The molecule has 9 heteroatoms. The number of hydrogen-bond acceptors (Lipinski definition) is 5. The maximum Gasteiger partial charge on any atom is 0.325 e. The van der Waals surface area contributed by atoms with Crippen molar-refractivity contribution in [3.05, 3.63) is 24.2 Å². The summed E-state index contributed by atoms with van der Waals surface area (Å²) in [5.74, 6) is -0.702. The van der Waals surface area contributed by atoms with Crippen LogP contribution >= 0.6 is 0 Å². The van der Waals surface area contributed by atoms with Crippen molar-refractivity contribution in [2.24, 2.45) is 0 Å². The fraction of sp³-hybridized carbons (Fsp3) is 0.529. The number of nitrogens with one attached hydrogen (secondary N) is 3. The van der Waals surface area contributed by atoms with Gasteiger partial charge in [0, 0.05) is 0 Å². The molecule has 140 valence electrons. The van der Waals surface area contributed by atoms with E-state index in [9.17, 15) is 19.2 Å². The van der Waals surface area contributed by atoms with Crippen molar-refractivity contribution in [1.29, 1.82) is 0 Å². The van der Waals surface area contributed by atoms with E-state index < -0.39 is 29.9 Å². The van der Waals surface area contributed by atoms with E-state index in [2.05, 4.69) is 16.0 Å². The van der Waals surface area contributed by atoms with Gasteiger partial charge in [0.25, 0.3) is 5.91 Å². The minimum absolute atomic E-state index is 0.219. The van der Waals surface area contributed by atoms with Gasteiger partial charge in [-0.3, -0.25) is 19.3 Å².